The molecule has 5 heteroatoms. The van der Waals surface area contributed by atoms with E-state index in [-0.39, 0.29) is 5.56 Å². The molecule has 1 N–H and O–H groups in total. The molecule has 0 radical (unpaired) electrons. The predicted octanol–water partition coefficient (Wildman–Crippen LogP) is 3.54. The van der Waals surface area contributed by atoms with Crippen molar-refractivity contribution >= 4 is 27.5 Å². The highest BCUT2D eigenvalue weighted by molar-refractivity contribution is 9.10. The minimum Gasteiger partial charge on any atom is -0.322 e. The molecule has 1 aromatic heterocycles. The molecule has 18 heavy (non-hydrogen) atoms. The summed E-state index contributed by atoms with van der Waals surface area (Å²) in [6, 6.07) is 6.82. The number of nitrogens with one attached hydrogen (secondary N) is 1. The van der Waals surface area contributed by atoms with Crippen LogP contribution in [0.3, 0.4) is 0 Å². The summed E-state index contributed by atoms with van der Waals surface area (Å²) in [5.74, 6) is -1.13. The second-order valence-electron chi connectivity index (χ2n) is 3.83. The topological polar surface area (TPSA) is 42.0 Å². The second-order valence-corrected chi connectivity index (χ2v) is 4.74. The van der Waals surface area contributed by atoms with Gasteiger partial charge < -0.3 is 5.32 Å². The van der Waals surface area contributed by atoms with Gasteiger partial charge in [0, 0.05) is 16.4 Å². The largest absolute Gasteiger partial charge is 0.322 e. The molecule has 3 nitrogen and oxygen atoms in total. The summed E-state index contributed by atoms with van der Waals surface area (Å²) in [5.41, 5.74) is 1.58. The lowest BCUT2D eigenvalue weighted by Gasteiger charge is -2.07. The zero-order chi connectivity index (χ0) is 13.1. The third kappa shape index (κ3) is 2.92. The van der Waals surface area contributed by atoms with Gasteiger partial charge in [-0.15, -0.1) is 0 Å². The number of rotatable bonds is 2. The molecule has 2 aromatic rings. The van der Waals surface area contributed by atoms with Crippen LogP contribution in [-0.4, -0.2) is 10.9 Å². The first-order chi connectivity index (χ1) is 8.56. The van der Waals surface area contributed by atoms with Crippen molar-refractivity contribution in [2.45, 2.75) is 6.92 Å². The lowest BCUT2D eigenvalue weighted by molar-refractivity contribution is 0.102. The first kappa shape index (κ1) is 12.7. The van der Waals surface area contributed by atoms with Crippen molar-refractivity contribution in [3.63, 3.8) is 0 Å². The minimum atomic E-state index is -0.637. The normalized spacial score (nSPS) is 10.2. The van der Waals surface area contributed by atoms with Crippen molar-refractivity contribution in [2.75, 3.05) is 5.32 Å². The van der Waals surface area contributed by atoms with Crippen LogP contribution in [0.5, 0.6) is 0 Å². The molecule has 1 amide bonds. The third-order valence-electron chi connectivity index (χ3n) is 2.32. The molecule has 1 aromatic carbocycles. The van der Waals surface area contributed by atoms with Crippen LogP contribution in [0.1, 0.15) is 15.9 Å². The Labute approximate surface area is 112 Å². The maximum absolute atomic E-state index is 13.4. The molecule has 0 bridgehead atoms. The zero-order valence-electron chi connectivity index (χ0n) is 9.58. The molecule has 0 spiro atoms. The van der Waals surface area contributed by atoms with E-state index in [1.807, 2.05) is 19.1 Å². The van der Waals surface area contributed by atoms with E-state index in [1.165, 1.54) is 12.3 Å². The van der Waals surface area contributed by atoms with Crippen LogP contribution in [0.4, 0.5) is 10.1 Å². The first-order valence-corrected chi connectivity index (χ1v) is 6.03. The van der Waals surface area contributed by atoms with Gasteiger partial charge in [0.25, 0.3) is 5.91 Å². The van der Waals surface area contributed by atoms with Gasteiger partial charge in [-0.3, -0.25) is 9.78 Å². The van der Waals surface area contributed by atoms with Gasteiger partial charge in [0.1, 0.15) is 0 Å². The molecular weight excluding hydrogens is 299 g/mol. The molecule has 0 aliphatic rings. The number of hydrogen-bond acceptors (Lipinski definition) is 2. The number of hydrogen-bond donors (Lipinski definition) is 1. The molecule has 2 rings (SSSR count). The number of amides is 1. The van der Waals surface area contributed by atoms with Crippen molar-refractivity contribution in [2.24, 2.45) is 0 Å². The summed E-state index contributed by atoms with van der Waals surface area (Å²) in [7, 11) is 0. The first-order valence-electron chi connectivity index (χ1n) is 5.24. The number of pyridine rings is 1. The van der Waals surface area contributed by atoms with Crippen LogP contribution in [0.15, 0.2) is 41.1 Å². The average Bonchev–Trinajstić information content (AvgIpc) is 2.27. The standard InChI is InChI=1S/C13H10BrFN2O/c1-8-4-9(14)6-10(5-8)17-13(18)11-2-3-16-7-12(11)15/h2-7H,1H3,(H,17,18). The van der Waals surface area contributed by atoms with Crippen LogP contribution < -0.4 is 5.32 Å². The van der Waals surface area contributed by atoms with E-state index >= 15 is 0 Å². The Morgan fingerprint density at radius 3 is 2.83 bits per heavy atom. The van der Waals surface area contributed by atoms with Gasteiger partial charge in [-0.05, 0) is 36.8 Å². The molecule has 0 saturated carbocycles. The predicted molar refractivity (Wildman–Crippen MR) is 71.0 cm³/mol. The highest BCUT2D eigenvalue weighted by atomic mass is 79.9. The summed E-state index contributed by atoms with van der Waals surface area (Å²) >= 11 is 3.34. The van der Waals surface area contributed by atoms with Gasteiger partial charge in [0.15, 0.2) is 5.82 Å². The fourth-order valence-electron chi connectivity index (χ4n) is 1.57. The fraction of sp³-hybridized carbons (Fsp3) is 0.0769. The second kappa shape index (κ2) is 5.27. The van der Waals surface area contributed by atoms with E-state index in [0.717, 1.165) is 16.2 Å². The van der Waals surface area contributed by atoms with Crippen molar-refractivity contribution in [1.29, 1.82) is 0 Å². The Morgan fingerprint density at radius 2 is 2.17 bits per heavy atom. The van der Waals surface area contributed by atoms with E-state index in [4.69, 9.17) is 0 Å². The number of benzene rings is 1. The Balaban J connectivity index is 2.24. The van der Waals surface area contributed by atoms with E-state index in [1.54, 1.807) is 6.07 Å². The van der Waals surface area contributed by atoms with E-state index in [2.05, 4.69) is 26.2 Å². The molecule has 92 valence electrons. The van der Waals surface area contributed by atoms with Crippen LogP contribution >= 0.6 is 15.9 Å². The maximum Gasteiger partial charge on any atom is 0.258 e. The molecule has 0 saturated heterocycles. The summed E-state index contributed by atoms with van der Waals surface area (Å²) in [4.78, 5) is 15.5. The quantitative estimate of drug-likeness (QED) is 0.922. The number of nitrogens with zero attached hydrogens (tertiary/aromatic N) is 1. The van der Waals surface area contributed by atoms with Crippen molar-refractivity contribution in [3.8, 4) is 0 Å². The molecule has 0 fully saturated rings. The number of carbonyl (C=O) groups excluding carboxylic acids is 1. The van der Waals surface area contributed by atoms with Crippen molar-refractivity contribution in [1.82, 2.24) is 4.98 Å². The monoisotopic (exact) mass is 308 g/mol. The molecule has 0 aliphatic carbocycles. The Bertz CT molecular complexity index is 581. The Morgan fingerprint density at radius 1 is 1.39 bits per heavy atom. The molecule has 1 heterocycles. The van der Waals surface area contributed by atoms with Gasteiger partial charge in [-0.2, -0.15) is 0 Å². The molecular formula is C13H10BrFN2O. The van der Waals surface area contributed by atoms with Crippen LogP contribution in [0.25, 0.3) is 0 Å². The zero-order valence-corrected chi connectivity index (χ0v) is 11.2. The van der Waals surface area contributed by atoms with E-state index in [9.17, 15) is 9.18 Å². The van der Waals surface area contributed by atoms with Crippen LogP contribution in [0, 0.1) is 12.7 Å². The van der Waals surface area contributed by atoms with Crippen molar-refractivity contribution < 1.29 is 9.18 Å². The van der Waals surface area contributed by atoms with Crippen molar-refractivity contribution in [3.05, 3.63) is 58.1 Å². The molecule has 0 unspecified atom stereocenters. The highest BCUT2D eigenvalue weighted by Crippen LogP contribution is 2.20. The summed E-state index contributed by atoms with van der Waals surface area (Å²) in [6.07, 6.45) is 2.39. The smallest absolute Gasteiger partial charge is 0.258 e. The fourth-order valence-corrected chi connectivity index (χ4v) is 2.17. The summed E-state index contributed by atoms with van der Waals surface area (Å²) < 4.78 is 14.2. The van der Waals surface area contributed by atoms with Crippen LogP contribution in [0.2, 0.25) is 0 Å². The summed E-state index contributed by atoms with van der Waals surface area (Å²) in [5, 5.41) is 2.64. The number of aryl methyl sites for hydroxylation is 1. The maximum atomic E-state index is 13.4. The number of aromatic nitrogens is 1. The van der Waals surface area contributed by atoms with Gasteiger partial charge >= 0.3 is 0 Å². The van der Waals surface area contributed by atoms with E-state index in [0.29, 0.717) is 5.69 Å². The molecule has 0 aliphatic heterocycles. The number of halogens is 2. The van der Waals surface area contributed by atoms with Gasteiger partial charge in [-0.25, -0.2) is 4.39 Å². The summed E-state index contributed by atoms with van der Waals surface area (Å²) in [6.45, 7) is 1.91. The third-order valence-corrected chi connectivity index (χ3v) is 2.77. The van der Waals surface area contributed by atoms with Gasteiger partial charge in [0.05, 0.1) is 11.8 Å². The Kier molecular flexibility index (Phi) is 3.72. The number of carbonyl (C=O) groups is 1. The minimum absolute atomic E-state index is 0.0253. The number of anilines is 1. The average molecular weight is 309 g/mol. The van der Waals surface area contributed by atoms with Crippen LogP contribution in [-0.2, 0) is 0 Å². The lowest BCUT2D eigenvalue weighted by Crippen LogP contribution is -2.14. The van der Waals surface area contributed by atoms with E-state index < -0.39 is 11.7 Å². The lowest BCUT2D eigenvalue weighted by atomic mass is 10.2. The molecule has 0 atom stereocenters. The SMILES string of the molecule is Cc1cc(Br)cc(NC(=O)c2ccncc2F)c1. The van der Waals surface area contributed by atoms with Gasteiger partial charge in [-0.1, -0.05) is 15.9 Å². The van der Waals surface area contributed by atoms with Gasteiger partial charge in [0.2, 0.25) is 0 Å². The highest BCUT2D eigenvalue weighted by Gasteiger charge is 2.11. The Hall–Kier alpha value is -1.75.